The lowest BCUT2D eigenvalue weighted by atomic mass is 10.0. The molecule has 1 aromatic rings. The third-order valence-electron chi connectivity index (χ3n) is 4.19. The van der Waals surface area contributed by atoms with Gasteiger partial charge in [-0.25, -0.2) is 0 Å². The van der Waals surface area contributed by atoms with Crippen LogP contribution in [-0.2, 0) is 6.54 Å². The highest BCUT2D eigenvalue weighted by molar-refractivity contribution is 7.09. The Kier molecular flexibility index (Phi) is 5.82. The molecule has 2 heterocycles. The molecule has 1 aliphatic heterocycles. The van der Waals surface area contributed by atoms with Gasteiger partial charge in [0.25, 0.3) is 0 Å². The van der Waals surface area contributed by atoms with E-state index in [4.69, 9.17) is 0 Å². The van der Waals surface area contributed by atoms with E-state index in [1.807, 2.05) is 11.3 Å². The smallest absolute Gasteiger partial charge is 0.0300 e. The van der Waals surface area contributed by atoms with Crippen molar-refractivity contribution in [3.63, 3.8) is 0 Å². The van der Waals surface area contributed by atoms with E-state index in [-0.39, 0.29) is 0 Å². The van der Waals surface area contributed by atoms with Crippen LogP contribution in [0.25, 0.3) is 0 Å². The number of nitrogens with zero attached hydrogens (tertiary/aromatic N) is 2. The van der Waals surface area contributed by atoms with E-state index in [1.165, 1.54) is 30.8 Å². The van der Waals surface area contributed by atoms with Crippen LogP contribution in [-0.4, -0.2) is 55.6 Å². The molecule has 0 aromatic carbocycles. The van der Waals surface area contributed by atoms with Crippen LogP contribution in [0.15, 0.2) is 17.5 Å². The first-order chi connectivity index (χ1) is 9.16. The molecule has 4 heteroatoms. The Labute approximate surface area is 121 Å². The largest absolute Gasteiger partial charge is 0.310 e. The number of rotatable bonds is 6. The van der Waals surface area contributed by atoms with Gasteiger partial charge in [0, 0.05) is 36.6 Å². The highest BCUT2D eigenvalue weighted by Crippen LogP contribution is 2.15. The van der Waals surface area contributed by atoms with Crippen molar-refractivity contribution in [3.05, 3.63) is 22.4 Å². The summed E-state index contributed by atoms with van der Waals surface area (Å²) in [4.78, 5) is 6.43. The van der Waals surface area contributed by atoms with Crippen LogP contribution in [0, 0.1) is 0 Å². The Hall–Kier alpha value is -0.420. The summed E-state index contributed by atoms with van der Waals surface area (Å²) in [6.45, 7) is 6.87. The van der Waals surface area contributed by atoms with Crippen molar-refractivity contribution < 1.29 is 0 Å². The van der Waals surface area contributed by atoms with Gasteiger partial charge in [0.15, 0.2) is 0 Å². The Morgan fingerprint density at radius 2 is 2.42 bits per heavy atom. The summed E-state index contributed by atoms with van der Waals surface area (Å²) in [7, 11) is 4.51. The average molecular weight is 281 g/mol. The Morgan fingerprint density at radius 3 is 3.11 bits per heavy atom. The second-order valence-corrected chi connectivity index (χ2v) is 6.82. The van der Waals surface area contributed by atoms with Crippen molar-refractivity contribution in [2.24, 2.45) is 0 Å². The minimum absolute atomic E-state index is 0.594. The predicted octanol–water partition coefficient (Wildman–Crippen LogP) is 2.25. The molecule has 3 nitrogen and oxygen atoms in total. The van der Waals surface area contributed by atoms with E-state index in [0.29, 0.717) is 6.04 Å². The van der Waals surface area contributed by atoms with Crippen molar-refractivity contribution >= 4 is 11.3 Å². The lowest BCUT2D eigenvalue weighted by molar-refractivity contribution is 0.104. The molecule has 0 aliphatic carbocycles. The van der Waals surface area contributed by atoms with Crippen LogP contribution in [0.3, 0.4) is 0 Å². The van der Waals surface area contributed by atoms with Gasteiger partial charge in [-0.3, -0.25) is 4.90 Å². The van der Waals surface area contributed by atoms with Crippen LogP contribution in [0.5, 0.6) is 0 Å². The van der Waals surface area contributed by atoms with Crippen LogP contribution in [0.1, 0.15) is 24.6 Å². The topological polar surface area (TPSA) is 18.5 Å². The van der Waals surface area contributed by atoms with Gasteiger partial charge in [0.1, 0.15) is 0 Å². The summed E-state index contributed by atoms with van der Waals surface area (Å²) < 4.78 is 0. The van der Waals surface area contributed by atoms with Gasteiger partial charge in [-0.2, -0.15) is 0 Å². The highest BCUT2D eigenvalue weighted by Gasteiger charge is 2.23. The maximum absolute atomic E-state index is 3.57. The number of nitrogens with one attached hydrogen (secondary N) is 1. The fourth-order valence-electron chi connectivity index (χ4n) is 2.79. The summed E-state index contributed by atoms with van der Waals surface area (Å²) in [5, 5.41) is 5.72. The lowest BCUT2D eigenvalue weighted by Crippen LogP contribution is -2.50. The van der Waals surface area contributed by atoms with Gasteiger partial charge < -0.3 is 10.2 Å². The molecule has 0 saturated carbocycles. The van der Waals surface area contributed by atoms with Crippen molar-refractivity contribution in [2.75, 3.05) is 33.7 Å². The first kappa shape index (κ1) is 15.0. The average Bonchev–Trinajstić information content (AvgIpc) is 2.91. The first-order valence-electron chi connectivity index (χ1n) is 7.30. The molecule has 1 aromatic heterocycles. The van der Waals surface area contributed by atoms with Gasteiger partial charge in [-0.1, -0.05) is 6.07 Å². The maximum atomic E-state index is 3.57. The monoisotopic (exact) mass is 281 g/mol. The third-order valence-corrected chi connectivity index (χ3v) is 5.07. The molecule has 1 aliphatic rings. The standard InChI is InChI=1S/C15H27N3S/c1-13(10-16-11-15-7-5-9-19-15)18(3)14-6-4-8-17(2)12-14/h5,7,9,13-14,16H,4,6,8,10-12H2,1-3H3. The van der Waals surface area contributed by atoms with Crippen molar-refractivity contribution in [2.45, 2.75) is 38.4 Å². The molecule has 2 unspecified atom stereocenters. The van der Waals surface area contributed by atoms with Crippen molar-refractivity contribution in [3.8, 4) is 0 Å². The number of likely N-dealkylation sites (N-methyl/N-ethyl adjacent to an activating group) is 2. The molecule has 0 amide bonds. The van der Waals surface area contributed by atoms with Gasteiger partial charge in [-0.15, -0.1) is 11.3 Å². The Balaban J connectivity index is 1.71. The molecule has 0 radical (unpaired) electrons. The van der Waals surface area contributed by atoms with E-state index in [0.717, 1.165) is 19.1 Å². The Bertz CT molecular complexity index is 352. The summed E-state index contributed by atoms with van der Waals surface area (Å²) >= 11 is 1.83. The summed E-state index contributed by atoms with van der Waals surface area (Å²) in [5.74, 6) is 0. The van der Waals surface area contributed by atoms with Crippen LogP contribution in [0.2, 0.25) is 0 Å². The molecule has 1 N–H and O–H groups in total. The van der Waals surface area contributed by atoms with Gasteiger partial charge in [0.05, 0.1) is 0 Å². The second kappa shape index (κ2) is 7.39. The Morgan fingerprint density at radius 1 is 1.58 bits per heavy atom. The number of hydrogen-bond acceptors (Lipinski definition) is 4. The third kappa shape index (κ3) is 4.56. The molecule has 19 heavy (non-hydrogen) atoms. The molecular weight excluding hydrogens is 254 g/mol. The van der Waals surface area contributed by atoms with Gasteiger partial charge in [0.2, 0.25) is 0 Å². The van der Waals surface area contributed by atoms with Crippen LogP contribution < -0.4 is 5.32 Å². The molecule has 1 saturated heterocycles. The molecule has 0 spiro atoms. The molecule has 108 valence electrons. The number of piperidine rings is 1. The normalized spacial score (nSPS) is 22.8. The van der Waals surface area contributed by atoms with E-state index in [2.05, 4.69) is 53.6 Å². The van der Waals surface area contributed by atoms with E-state index in [1.54, 1.807) is 0 Å². The minimum atomic E-state index is 0.594. The maximum Gasteiger partial charge on any atom is 0.0300 e. The number of likely N-dealkylation sites (tertiary alicyclic amines) is 1. The molecule has 1 fully saturated rings. The molecular formula is C15H27N3S. The zero-order valence-electron chi connectivity index (χ0n) is 12.4. The van der Waals surface area contributed by atoms with E-state index < -0.39 is 0 Å². The van der Waals surface area contributed by atoms with Crippen LogP contribution >= 0.6 is 11.3 Å². The quantitative estimate of drug-likeness (QED) is 0.863. The minimum Gasteiger partial charge on any atom is -0.310 e. The van der Waals surface area contributed by atoms with Gasteiger partial charge in [-0.05, 0) is 51.9 Å². The molecule has 2 atom stereocenters. The van der Waals surface area contributed by atoms with E-state index in [9.17, 15) is 0 Å². The predicted molar refractivity (Wildman–Crippen MR) is 83.8 cm³/mol. The van der Waals surface area contributed by atoms with Gasteiger partial charge >= 0.3 is 0 Å². The second-order valence-electron chi connectivity index (χ2n) is 5.78. The summed E-state index contributed by atoms with van der Waals surface area (Å²) in [6, 6.07) is 5.63. The molecule has 0 bridgehead atoms. The number of thiophene rings is 1. The summed E-state index contributed by atoms with van der Waals surface area (Å²) in [6.07, 6.45) is 2.68. The fourth-order valence-corrected chi connectivity index (χ4v) is 3.47. The van der Waals surface area contributed by atoms with Crippen molar-refractivity contribution in [1.29, 1.82) is 0 Å². The highest BCUT2D eigenvalue weighted by atomic mass is 32.1. The fraction of sp³-hybridized carbons (Fsp3) is 0.733. The summed E-state index contributed by atoms with van der Waals surface area (Å²) in [5.41, 5.74) is 0. The molecule has 2 rings (SSSR count). The zero-order valence-corrected chi connectivity index (χ0v) is 13.2. The number of hydrogen-bond donors (Lipinski definition) is 1. The van der Waals surface area contributed by atoms with Crippen molar-refractivity contribution in [1.82, 2.24) is 15.1 Å². The zero-order chi connectivity index (χ0) is 13.7. The first-order valence-corrected chi connectivity index (χ1v) is 8.18. The van der Waals surface area contributed by atoms with Crippen LogP contribution in [0.4, 0.5) is 0 Å². The lowest BCUT2D eigenvalue weighted by Gasteiger charge is -2.39. The SMILES string of the molecule is CC(CNCc1cccs1)N(C)C1CCCN(C)C1. The van der Waals surface area contributed by atoms with E-state index >= 15 is 0 Å².